The molecule has 0 bridgehead atoms. The summed E-state index contributed by atoms with van der Waals surface area (Å²) in [5.41, 5.74) is 6.98. The number of nitrogens with zero attached hydrogens (tertiary/aromatic N) is 1. The Labute approximate surface area is 87.8 Å². The van der Waals surface area contributed by atoms with E-state index in [1.807, 2.05) is 0 Å². The molecule has 2 aliphatic rings. The van der Waals surface area contributed by atoms with Crippen LogP contribution in [0.15, 0.2) is 0 Å². The van der Waals surface area contributed by atoms with Crippen LogP contribution in [0.4, 0.5) is 0 Å². The Morgan fingerprint density at radius 3 is 2.36 bits per heavy atom. The van der Waals surface area contributed by atoms with Crippen molar-refractivity contribution in [2.24, 2.45) is 11.1 Å². The number of likely N-dealkylation sites (tertiary alicyclic amines) is 1. The van der Waals surface area contributed by atoms with E-state index in [2.05, 4.69) is 18.7 Å². The minimum Gasteiger partial charge on any atom is -0.325 e. The van der Waals surface area contributed by atoms with Gasteiger partial charge in [0.15, 0.2) is 0 Å². The van der Waals surface area contributed by atoms with E-state index in [0.717, 1.165) is 0 Å². The van der Waals surface area contributed by atoms with Crippen molar-refractivity contribution in [3.63, 3.8) is 0 Å². The van der Waals surface area contributed by atoms with Gasteiger partial charge in [0.1, 0.15) is 0 Å². The first kappa shape index (κ1) is 10.4. The molecule has 2 heteroatoms. The Bertz CT molecular complexity index is 206. The molecule has 0 unspecified atom stereocenters. The largest absolute Gasteiger partial charge is 0.325 e. The van der Waals surface area contributed by atoms with Crippen LogP contribution in [0.25, 0.3) is 0 Å². The highest BCUT2D eigenvalue weighted by atomic mass is 15.2. The van der Waals surface area contributed by atoms with Crippen LogP contribution < -0.4 is 5.73 Å². The Morgan fingerprint density at radius 2 is 1.93 bits per heavy atom. The molecule has 82 valence electrons. The number of hydrogen-bond donors (Lipinski definition) is 1. The molecular weight excluding hydrogens is 172 g/mol. The van der Waals surface area contributed by atoms with Gasteiger partial charge in [0.2, 0.25) is 0 Å². The van der Waals surface area contributed by atoms with Gasteiger partial charge in [-0.3, -0.25) is 0 Å². The Balaban J connectivity index is 1.72. The molecule has 0 aromatic heterocycles. The second-order valence-electron chi connectivity index (χ2n) is 6.16. The second kappa shape index (κ2) is 3.49. The molecule has 0 atom stereocenters. The predicted octanol–water partition coefficient (Wildman–Crippen LogP) is 1.99. The molecule has 2 nitrogen and oxygen atoms in total. The SMILES string of the molecule is CC1(C)CCN(CCC2(N)CCC2)C1. The summed E-state index contributed by atoms with van der Waals surface area (Å²) in [4.78, 5) is 2.59. The zero-order valence-corrected chi connectivity index (χ0v) is 9.68. The van der Waals surface area contributed by atoms with Gasteiger partial charge in [0.05, 0.1) is 0 Å². The van der Waals surface area contributed by atoms with E-state index in [0.29, 0.717) is 5.41 Å². The highest BCUT2D eigenvalue weighted by Gasteiger charge is 2.34. The lowest BCUT2D eigenvalue weighted by molar-refractivity contribution is 0.189. The minimum atomic E-state index is 0.215. The molecule has 0 aromatic rings. The molecule has 14 heavy (non-hydrogen) atoms. The van der Waals surface area contributed by atoms with Crippen LogP contribution in [0.1, 0.15) is 46.0 Å². The third kappa shape index (κ3) is 2.29. The topological polar surface area (TPSA) is 29.3 Å². The van der Waals surface area contributed by atoms with Gasteiger partial charge in [-0.25, -0.2) is 0 Å². The first-order valence-corrected chi connectivity index (χ1v) is 6.01. The van der Waals surface area contributed by atoms with Crippen molar-refractivity contribution in [2.45, 2.75) is 51.5 Å². The van der Waals surface area contributed by atoms with E-state index >= 15 is 0 Å². The molecule has 0 radical (unpaired) electrons. The summed E-state index contributed by atoms with van der Waals surface area (Å²) in [5.74, 6) is 0. The van der Waals surface area contributed by atoms with Crippen molar-refractivity contribution < 1.29 is 0 Å². The molecule has 1 aliphatic carbocycles. The van der Waals surface area contributed by atoms with Gasteiger partial charge < -0.3 is 10.6 Å². The molecule has 2 rings (SSSR count). The quantitative estimate of drug-likeness (QED) is 0.748. The van der Waals surface area contributed by atoms with E-state index in [-0.39, 0.29) is 5.54 Å². The smallest absolute Gasteiger partial charge is 0.0166 e. The van der Waals surface area contributed by atoms with Crippen molar-refractivity contribution in [3.05, 3.63) is 0 Å². The van der Waals surface area contributed by atoms with E-state index in [4.69, 9.17) is 5.73 Å². The van der Waals surface area contributed by atoms with Crippen molar-refractivity contribution in [3.8, 4) is 0 Å². The van der Waals surface area contributed by atoms with Crippen molar-refractivity contribution in [2.75, 3.05) is 19.6 Å². The van der Waals surface area contributed by atoms with E-state index in [1.54, 1.807) is 0 Å². The van der Waals surface area contributed by atoms with E-state index in [1.165, 1.54) is 51.7 Å². The molecule has 0 spiro atoms. The normalized spacial score (nSPS) is 30.2. The summed E-state index contributed by atoms with van der Waals surface area (Å²) >= 11 is 0. The molecule has 1 heterocycles. The maximum absolute atomic E-state index is 6.22. The van der Waals surface area contributed by atoms with Gasteiger partial charge in [0, 0.05) is 12.1 Å². The molecule has 1 aliphatic heterocycles. The second-order valence-corrected chi connectivity index (χ2v) is 6.16. The predicted molar refractivity (Wildman–Crippen MR) is 60.2 cm³/mol. The summed E-state index contributed by atoms with van der Waals surface area (Å²) in [5, 5.41) is 0. The molecule has 2 fully saturated rings. The number of nitrogens with two attached hydrogens (primary N) is 1. The first-order chi connectivity index (χ1) is 6.49. The van der Waals surface area contributed by atoms with Crippen LogP contribution in [0.5, 0.6) is 0 Å². The fourth-order valence-corrected chi connectivity index (χ4v) is 2.68. The van der Waals surface area contributed by atoms with Crippen LogP contribution in [0, 0.1) is 5.41 Å². The molecule has 0 aromatic carbocycles. The third-order valence-corrected chi connectivity index (χ3v) is 4.03. The lowest BCUT2D eigenvalue weighted by atomic mass is 9.75. The van der Waals surface area contributed by atoms with Gasteiger partial charge in [-0.15, -0.1) is 0 Å². The maximum atomic E-state index is 6.22. The molecule has 2 N–H and O–H groups in total. The number of rotatable bonds is 3. The van der Waals surface area contributed by atoms with Crippen LogP contribution in [0.2, 0.25) is 0 Å². The average molecular weight is 196 g/mol. The monoisotopic (exact) mass is 196 g/mol. The van der Waals surface area contributed by atoms with Crippen LogP contribution in [-0.2, 0) is 0 Å². The molecule has 1 saturated heterocycles. The summed E-state index contributed by atoms with van der Waals surface area (Å²) < 4.78 is 0. The molecule has 1 saturated carbocycles. The maximum Gasteiger partial charge on any atom is 0.0166 e. The Hall–Kier alpha value is -0.0800. The van der Waals surface area contributed by atoms with Gasteiger partial charge in [-0.2, -0.15) is 0 Å². The van der Waals surface area contributed by atoms with Crippen LogP contribution >= 0.6 is 0 Å². The average Bonchev–Trinajstić information content (AvgIpc) is 2.39. The standard InChI is InChI=1S/C12H24N2/c1-11(2)6-8-14(10-11)9-7-12(13)4-3-5-12/h3-10,13H2,1-2H3. The van der Waals surface area contributed by atoms with Crippen LogP contribution in [-0.4, -0.2) is 30.1 Å². The van der Waals surface area contributed by atoms with Gasteiger partial charge >= 0.3 is 0 Å². The van der Waals surface area contributed by atoms with Gasteiger partial charge in [0.25, 0.3) is 0 Å². The molecular formula is C12H24N2. The van der Waals surface area contributed by atoms with Gasteiger partial charge in [-0.1, -0.05) is 13.8 Å². The minimum absolute atomic E-state index is 0.215. The van der Waals surface area contributed by atoms with E-state index < -0.39 is 0 Å². The number of hydrogen-bond acceptors (Lipinski definition) is 2. The fraction of sp³-hybridized carbons (Fsp3) is 1.00. The van der Waals surface area contributed by atoms with Crippen LogP contribution in [0.3, 0.4) is 0 Å². The summed E-state index contributed by atoms with van der Waals surface area (Å²) in [6.45, 7) is 8.51. The summed E-state index contributed by atoms with van der Waals surface area (Å²) in [7, 11) is 0. The summed E-state index contributed by atoms with van der Waals surface area (Å²) in [6.07, 6.45) is 6.42. The van der Waals surface area contributed by atoms with E-state index in [9.17, 15) is 0 Å². The Morgan fingerprint density at radius 1 is 1.21 bits per heavy atom. The fourth-order valence-electron chi connectivity index (χ4n) is 2.68. The lowest BCUT2D eigenvalue weighted by Crippen LogP contribution is -2.48. The zero-order chi connectivity index (χ0) is 10.2. The lowest BCUT2D eigenvalue weighted by Gasteiger charge is -2.39. The highest BCUT2D eigenvalue weighted by Crippen LogP contribution is 2.34. The van der Waals surface area contributed by atoms with Crippen molar-refractivity contribution in [1.29, 1.82) is 0 Å². The van der Waals surface area contributed by atoms with Crippen molar-refractivity contribution in [1.82, 2.24) is 4.90 Å². The highest BCUT2D eigenvalue weighted by molar-refractivity contribution is 4.94. The third-order valence-electron chi connectivity index (χ3n) is 4.03. The zero-order valence-electron chi connectivity index (χ0n) is 9.68. The summed E-state index contributed by atoms with van der Waals surface area (Å²) in [6, 6.07) is 0. The molecule has 0 amide bonds. The van der Waals surface area contributed by atoms with Crippen molar-refractivity contribution >= 4 is 0 Å². The first-order valence-electron chi connectivity index (χ1n) is 6.01. The Kier molecular flexibility index (Phi) is 2.61. The van der Waals surface area contributed by atoms with Gasteiger partial charge in [-0.05, 0) is 50.6 Å².